The van der Waals surface area contributed by atoms with Crippen molar-refractivity contribution in [3.8, 4) is 0 Å². The third kappa shape index (κ3) is 5.37. The van der Waals surface area contributed by atoms with E-state index in [2.05, 4.69) is 58.0 Å². The molecule has 1 heterocycles. The molecule has 1 aromatic rings. The molecule has 0 aromatic heterocycles. The highest BCUT2D eigenvalue weighted by molar-refractivity contribution is 9.10. The second-order valence-electron chi connectivity index (χ2n) is 6.43. The Labute approximate surface area is 137 Å². The zero-order valence-corrected chi connectivity index (χ0v) is 14.8. The molecule has 2 rings (SSSR count). The molecule has 0 amide bonds. The van der Waals surface area contributed by atoms with Gasteiger partial charge in [0.15, 0.2) is 0 Å². The van der Waals surface area contributed by atoms with Gasteiger partial charge in [0.1, 0.15) is 0 Å². The van der Waals surface area contributed by atoms with Crippen molar-refractivity contribution in [1.29, 1.82) is 0 Å². The first-order valence-corrected chi connectivity index (χ1v) is 8.72. The van der Waals surface area contributed by atoms with Gasteiger partial charge in [-0.1, -0.05) is 34.1 Å². The fraction of sp³-hybridized carbons (Fsp3) is 0.647. The maximum Gasteiger partial charge on any atom is 0.0318 e. The maximum atomic E-state index is 6.33. The Bertz CT molecular complexity index is 430. The third-order valence-corrected chi connectivity index (χ3v) is 5.26. The van der Waals surface area contributed by atoms with Crippen molar-refractivity contribution in [1.82, 2.24) is 9.80 Å². The van der Waals surface area contributed by atoms with E-state index in [9.17, 15) is 0 Å². The molecule has 1 atom stereocenters. The quantitative estimate of drug-likeness (QED) is 0.852. The molecule has 2 N–H and O–H groups in total. The molecule has 0 spiro atoms. The van der Waals surface area contributed by atoms with Crippen LogP contribution in [0.25, 0.3) is 0 Å². The Morgan fingerprint density at radius 3 is 2.67 bits per heavy atom. The van der Waals surface area contributed by atoms with Crippen LogP contribution in [0.2, 0.25) is 0 Å². The van der Waals surface area contributed by atoms with Crippen LogP contribution in [0, 0.1) is 5.92 Å². The summed E-state index contributed by atoms with van der Waals surface area (Å²) in [7, 11) is 4.45. The minimum atomic E-state index is 0.112. The van der Waals surface area contributed by atoms with Gasteiger partial charge in [0.05, 0.1) is 0 Å². The normalized spacial score (nSPS) is 19.1. The van der Waals surface area contributed by atoms with Crippen molar-refractivity contribution in [3.63, 3.8) is 0 Å². The molecule has 3 nitrogen and oxygen atoms in total. The molecule has 21 heavy (non-hydrogen) atoms. The molecule has 1 fully saturated rings. The van der Waals surface area contributed by atoms with E-state index in [0.29, 0.717) is 0 Å². The van der Waals surface area contributed by atoms with Crippen LogP contribution in [0.5, 0.6) is 0 Å². The van der Waals surface area contributed by atoms with E-state index in [0.717, 1.165) is 23.4 Å². The minimum Gasteiger partial charge on any atom is -0.324 e. The molecule has 1 saturated heterocycles. The Morgan fingerprint density at radius 1 is 1.33 bits per heavy atom. The Kier molecular flexibility index (Phi) is 6.68. The van der Waals surface area contributed by atoms with Crippen molar-refractivity contribution in [2.75, 3.05) is 40.3 Å². The summed E-state index contributed by atoms with van der Waals surface area (Å²) in [5, 5.41) is 0. The highest BCUT2D eigenvalue weighted by atomic mass is 79.9. The van der Waals surface area contributed by atoms with Crippen molar-refractivity contribution in [3.05, 3.63) is 34.3 Å². The van der Waals surface area contributed by atoms with Gasteiger partial charge in [-0.05, 0) is 70.5 Å². The van der Waals surface area contributed by atoms with Gasteiger partial charge in [-0.2, -0.15) is 0 Å². The standard InChI is InChI=1S/C17H28BrN3/c1-20-10-7-14(8-11-20)13-21(2)12-9-17(19)15-5-3-4-6-16(15)18/h3-6,14,17H,7-13,19H2,1-2H3. The largest absolute Gasteiger partial charge is 0.324 e. The lowest BCUT2D eigenvalue weighted by molar-refractivity contribution is 0.174. The van der Waals surface area contributed by atoms with Crippen LogP contribution < -0.4 is 5.73 Å². The van der Waals surface area contributed by atoms with Crippen LogP contribution in [0.1, 0.15) is 30.9 Å². The molecule has 0 saturated carbocycles. The summed E-state index contributed by atoms with van der Waals surface area (Å²) in [5.74, 6) is 0.853. The summed E-state index contributed by atoms with van der Waals surface area (Å²) in [6.45, 7) is 4.76. The highest BCUT2D eigenvalue weighted by Crippen LogP contribution is 2.24. The average Bonchev–Trinajstić information content (AvgIpc) is 2.48. The zero-order valence-electron chi connectivity index (χ0n) is 13.3. The van der Waals surface area contributed by atoms with Crippen LogP contribution in [0.15, 0.2) is 28.7 Å². The van der Waals surface area contributed by atoms with Gasteiger partial charge in [-0.15, -0.1) is 0 Å². The van der Waals surface area contributed by atoms with Crippen molar-refractivity contribution in [2.24, 2.45) is 11.7 Å². The van der Waals surface area contributed by atoms with E-state index in [-0.39, 0.29) is 6.04 Å². The number of likely N-dealkylation sites (tertiary alicyclic amines) is 1. The zero-order chi connectivity index (χ0) is 15.2. The summed E-state index contributed by atoms with van der Waals surface area (Å²) in [4.78, 5) is 4.88. The SMILES string of the molecule is CN1CCC(CN(C)CCC(N)c2ccccc2Br)CC1. The van der Waals surface area contributed by atoms with Crippen molar-refractivity contribution >= 4 is 15.9 Å². The summed E-state index contributed by atoms with van der Waals surface area (Å²) < 4.78 is 1.12. The van der Waals surface area contributed by atoms with Crippen LogP contribution in [-0.4, -0.2) is 50.1 Å². The van der Waals surface area contributed by atoms with Gasteiger partial charge >= 0.3 is 0 Å². The summed E-state index contributed by atoms with van der Waals surface area (Å²) in [6, 6.07) is 8.39. The smallest absolute Gasteiger partial charge is 0.0318 e. The molecule has 1 aliphatic heterocycles. The van der Waals surface area contributed by atoms with E-state index in [1.165, 1.54) is 38.0 Å². The number of benzene rings is 1. The molecule has 0 bridgehead atoms. The predicted molar refractivity (Wildman–Crippen MR) is 93.4 cm³/mol. The molecule has 1 aromatic carbocycles. The average molecular weight is 354 g/mol. The molecular weight excluding hydrogens is 326 g/mol. The molecule has 1 aliphatic rings. The fourth-order valence-corrected chi connectivity index (χ4v) is 3.65. The van der Waals surface area contributed by atoms with Gasteiger partial charge in [-0.25, -0.2) is 0 Å². The van der Waals surface area contributed by atoms with Crippen LogP contribution >= 0.6 is 15.9 Å². The Hall–Kier alpha value is -0.420. The number of nitrogens with two attached hydrogens (primary N) is 1. The summed E-state index contributed by atoms with van der Waals surface area (Å²) >= 11 is 3.59. The lowest BCUT2D eigenvalue weighted by Gasteiger charge is -2.32. The van der Waals surface area contributed by atoms with E-state index in [4.69, 9.17) is 5.73 Å². The second-order valence-corrected chi connectivity index (χ2v) is 7.28. The van der Waals surface area contributed by atoms with Crippen LogP contribution in [0.4, 0.5) is 0 Å². The van der Waals surface area contributed by atoms with Gasteiger partial charge in [0, 0.05) is 17.1 Å². The van der Waals surface area contributed by atoms with E-state index < -0.39 is 0 Å². The number of halogens is 1. The molecule has 4 heteroatoms. The first kappa shape index (κ1) is 16.9. The van der Waals surface area contributed by atoms with Gasteiger partial charge < -0.3 is 15.5 Å². The lowest BCUT2D eigenvalue weighted by Crippen LogP contribution is -2.36. The first-order chi connectivity index (χ1) is 10.1. The fourth-order valence-electron chi connectivity index (χ4n) is 3.07. The van der Waals surface area contributed by atoms with Crippen molar-refractivity contribution < 1.29 is 0 Å². The van der Waals surface area contributed by atoms with Gasteiger partial charge in [-0.3, -0.25) is 0 Å². The Balaban J connectivity index is 1.73. The number of hydrogen-bond donors (Lipinski definition) is 1. The Morgan fingerprint density at radius 2 is 2.00 bits per heavy atom. The van der Waals surface area contributed by atoms with Crippen LogP contribution in [0.3, 0.4) is 0 Å². The first-order valence-electron chi connectivity index (χ1n) is 7.93. The number of piperidine rings is 1. The molecule has 1 unspecified atom stereocenters. The number of hydrogen-bond acceptors (Lipinski definition) is 3. The molecular formula is C17H28BrN3. The van der Waals surface area contributed by atoms with Gasteiger partial charge in [0.2, 0.25) is 0 Å². The highest BCUT2D eigenvalue weighted by Gasteiger charge is 2.18. The minimum absolute atomic E-state index is 0.112. The van der Waals surface area contributed by atoms with Gasteiger partial charge in [0.25, 0.3) is 0 Å². The number of rotatable bonds is 6. The topological polar surface area (TPSA) is 32.5 Å². The van der Waals surface area contributed by atoms with Crippen molar-refractivity contribution in [2.45, 2.75) is 25.3 Å². The lowest BCUT2D eigenvalue weighted by atomic mass is 9.96. The van der Waals surface area contributed by atoms with E-state index in [1.807, 2.05) is 6.07 Å². The van der Waals surface area contributed by atoms with E-state index in [1.54, 1.807) is 0 Å². The molecule has 0 radical (unpaired) electrons. The summed E-state index contributed by atoms with van der Waals surface area (Å²) in [6.07, 6.45) is 3.67. The predicted octanol–water partition coefficient (Wildman–Crippen LogP) is 3.11. The second kappa shape index (κ2) is 8.28. The summed E-state index contributed by atoms with van der Waals surface area (Å²) in [5.41, 5.74) is 7.55. The molecule has 0 aliphatic carbocycles. The maximum absolute atomic E-state index is 6.33. The number of nitrogens with zero attached hydrogens (tertiary/aromatic N) is 2. The van der Waals surface area contributed by atoms with Crippen LogP contribution in [-0.2, 0) is 0 Å². The molecule has 118 valence electrons. The third-order valence-electron chi connectivity index (χ3n) is 4.53. The monoisotopic (exact) mass is 353 g/mol. The van der Waals surface area contributed by atoms with E-state index >= 15 is 0 Å².